The first kappa shape index (κ1) is 23.1. The lowest BCUT2D eigenvalue weighted by Crippen LogP contribution is -2.30. The van der Waals surface area contributed by atoms with Gasteiger partial charge < -0.3 is 9.64 Å². The Hall–Kier alpha value is -2.52. The van der Waals surface area contributed by atoms with E-state index in [2.05, 4.69) is 4.98 Å². The quantitative estimate of drug-likeness (QED) is 0.306. The Morgan fingerprint density at radius 2 is 1.97 bits per heavy atom. The standard InChI is InChI=1S/C22H22F2N2O3S2/c1-3-29-20(28)11-10-19(27)26(14-6-5-7-15(12-14)30-4-2)13-18-25-17-9-8-16(23)21(24)22(17)31-18/h5-9,12H,3-4,10-11,13H2,1-2H3. The highest BCUT2D eigenvalue weighted by atomic mass is 32.2. The highest BCUT2D eigenvalue weighted by Gasteiger charge is 2.21. The van der Waals surface area contributed by atoms with E-state index in [1.807, 2.05) is 25.1 Å². The first-order chi connectivity index (χ1) is 14.9. The van der Waals surface area contributed by atoms with Gasteiger partial charge in [0.1, 0.15) is 5.01 Å². The molecule has 0 saturated carbocycles. The van der Waals surface area contributed by atoms with E-state index in [0.29, 0.717) is 16.2 Å². The van der Waals surface area contributed by atoms with Crippen LogP contribution in [-0.2, 0) is 20.9 Å². The van der Waals surface area contributed by atoms with Gasteiger partial charge >= 0.3 is 5.97 Å². The molecule has 0 saturated heterocycles. The number of thioether (sulfide) groups is 1. The molecule has 5 nitrogen and oxygen atoms in total. The van der Waals surface area contributed by atoms with E-state index < -0.39 is 17.6 Å². The largest absolute Gasteiger partial charge is 0.466 e. The van der Waals surface area contributed by atoms with Crippen LogP contribution in [0.5, 0.6) is 0 Å². The van der Waals surface area contributed by atoms with E-state index in [4.69, 9.17) is 4.74 Å². The number of nitrogens with zero attached hydrogens (tertiary/aromatic N) is 2. The maximum atomic E-state index is 14.1. The average Bonchev–Trinajstić information content (AvgIpc) is 3.17. The summed E-state index contributed by atoms with van der Waals surface area (Å²) in [5, 5.41) is 0.470. The monoisotopic (exact) mass is 464 g/mol. The third kappa shape index (κ3) is 5.80. The molecule has 0 aliphatic carbocycles. The summed E-state index contributed by atoms with van der Waals surface area (Å²) in [6, 6.07) is 9.95. The summed E-state index contributed by atoms with van der Waals surface area (Å²) in [5.41, 5.74) is 0.992. The number of fused-ring (bicyclic) bond motifs is 1. The van der Waals surface area contributed by atoms with Crippen LogP contribution in [0.3, 0.4) is 0 Å². The van der Waals surface area contributed by atoms with Crippen LogP contribution in [0.25, 0.3) is 10.2 Å². The lowest BCUT2D eigenvalue weighted by molar-refractivity contribution is -0.144. The van der Waals surface area contributed by atoms with Gasteiger partial charge in [-0.3, -0.25) is 9.59 Å². The fourth-order valence-electron chi connectivity index (χ4n) is 2.99. The van der Waals surface area contributed by atoms with E-state index in [-0.39, 0.29) is 36.6 Å². The van der Waals surface area contributed by atoms with Crippen molar-refractivity contribution in [3.05, 3.63) is 53.0 Å². The van der Waals surface area contributed by atoms with E-state index in [1.165, 1.54) is 11.0 Å². The zero-order valence-corrected chi connectivity index (χ0v) is 18.8. The third-order valence-corrected chi connectivity index (χ3v) is 6.30. The Labute approximate surface area is 187 Å². The summed E-state index contributed by atoms with van der Waals surface area (Å²) >= 11 is 2.65. The zero-order chi connectivity index (χ0) is 22.4. The number of rotatable bonds is 9. The van der Waals surface area contributed by atoms with Gasteiger partial charge in [0.15, 0.2) is 11.6 Å². The Balaban J connectivity index is 1.90. The van der Waals surface area contributed by atoms with Gasteiger partial charge in [0.25, 0.3) is 0 Å². The van der Waals surface area contributed by atoms with Crippen molar-refractivity contribution in [2.75, 3.05) is 17.3 Å². The highest BCUT2D eigenvalue weighted by Crippen LogP contribution is 2.30. The number of benzene rings is 2. The first-order valence-electron chi connectivity index (χ1n) is 9.85. The molecule has 0 atom stereocenters. The van der Waals surface area contributed by atoms with Gasteiger partial charge in [0.2, 0.25) is 5.91 Å². The van der Waals surface area contributed by atoms with Crippen LogP contribution in [0.4, 0.5) is 14.5 Å². The third-order valence-electron chi connectivity index (χ3n) is 4.38. The van der Waals surface area contributed by atoms with E-state index in [1.54, 1.807) is 24.8 Å². The lowest BCUT2D eigenvalue weighted by atomic mass is 10.2. The average molecular weight is 465 g/mol. The summed E-state index contributed by atoms with van der Waals surface area (Å²) in [4.78, 5) is 31.6. The Kier molecular flexibility index (Phi) is 7.97. The highest BCUT2D eigenvalue weighted by molar-refractivity contribution is 7.99. The van der Waals surface area contributed by atoms with Crippen molar-refractivity contribution in [3.63, 3.8) is 0 Å². The molecule has 9 heteroatoms. The number of hydrogen-bond acceptors (Lipinski definition) is 6. The fraction of sp³-hybridized carbons (Fsp3) is 0.318. The number of aromatic nitrogens is 1. The summed E-state index contributed by atoms with van der Waals surface area (Å²) in [6.45, 7) is 4.08. The molecular weight excluding hydrogens is 442 g/mol. The van der Waals surface area contributed by atoms with Gasteiger partial charge in [-0.05, 0) is 43.0 Å². The van der Waals surface area contributed by atoms with Crippen molar-refractivity contribution in [3.8, 4) is 0 Å². The molecule has 1 aromatic heterocycles. The van der Waals surface area contributed by atoms with Crippen LogP contribution in [0.15, 0.2) is 41.3 Å². The minimum atomic E-state index is -0.942. The molecule has 1 amide bonds. The number of carbonyl (C=O) groups is 2. The molecular formula is C22H22F2N2O3S2. The number of hydrogen-bond donors (Lipinski definition) is 0. The molecule has 0 radical (unpaired) electrons. The molecule has 31 heavy (non-hydrogen) atoms. The zero-order valence-electron chi connectivity index (χ0n) is 17.2. The van der Waals surface area contributed by atoms with Crippen molar-refractivity contribution in [2.24, 2.45) is 0 Å². The van der Waals surface area contributed by atoms with Crippen molar-refractivity contribution >= 4 is 50.9 Å². The molecule has 0 unspecified atom stereocenters. The number of ether oxygens (including phenoxy) is 1. The molecule has 0 bridgehead atoms. The summed E-state index contributed by atoms with van der Waals surface area (Å²) in [5.74, 6) is -1.72. The van der Waals surface area contributed by atoms with Crippen LogP contribution >= 0.6 is 23.1 Å². The van der Waals surface area contributed by atoms with Crippen LogP contribution in [-0.4, -0.2) is 29.2 Å². The van der Waals surface area contributed by atoms with Gasteiger partial charge in [0.05, 0.1) is 29.8 Å². The van der Waals surface area contributed by atoms with Crippen LogP contribution in [0, 0.1) is 11.6 Å². The molecule has 0 aliphatic heterocycles. The number of halogens is 2. The van der Waals surface area contributed by atoms with Gasteiger partial charge in [0, 0.05) is 17.0 Å². The lowest BCUT2D eigenvalue weighted by Gasteiger charge is -2.22. The van der Waals surface area contributed by atoms with Gasteiger partial charge in [-0.25, -0.2) is 13.8 Å². The smallest absolute Gasteiger partial charge is 0.306 e. The minimum absolute atomic E-state index is 0.0299. The number of anilines is 1. The molecule has 3 rings (SSSR count). The van der Waals surface area contributed by atoms with Crippen LogP contribution < -0.4 is 4.90 Å². The molecule has 1 heterocycles. The second kappa shape index (κ2) is 10.7. The topological polar surface area (TPSA) is 59.5 Å². The second-order valence-electron chi connectivity index (χ2n) is 6.53. The second-order valence-corrected chi connectivity index (χ2v) is 8.95. The molecule has 3 aromatic rings. The number of esters is 1. The van der Waals surface area contributed by atoms with E-state index in [0.717, 1.165) is 28.1 Å². The minimum Gasteiger partial charge on any atom is -0.466 e. The van der Waals surface area contributed by atoms with Gasteiger partial charge in [-0.2, -0.15) is 0 Å². The van der Waals surface area contributed by atoms with E-state index >= 15 is 0 Å². The van der Waals surface area contributed by atoms with E-state index in [9.17, 15) is 18.4 Å². The van der Waals surface area contributed by atoms with Crippen molar-refractivity contribution < 1.29 is 23.1 Å². The normalized spacial score (nSPS) is 11.0. The number of carbonyl (C=O) groups excluding carboxylic acids is 2. The molecule has 0 spiro atoms. The van der Waals surface area contributed by atoms with Gasteiger partial charge in [-0.15, -0.1) is 23.1 Å². The van der Waals surface area contributed by atoms with Crippen molar-refractivity contribution in [1.82, 2.24) is 4.98 Å². The molecule has 0 fully saturated rings. The fourth-order valence-corrected chi connectivity index (χ4v) is 4.68. The molecule has 2 aromatic carbocycles. The van der Waals surface area contributed by atoms with Gasteiger partial charge in [-0.1, -0.05) is 13.0 Å². The van der Waals surface area contributed by atoms with Crippen molar-refractivity contribution in [2.45, 2.75) is 38.1 Å². The summed E-state index contributed by atoms with van der Waals surface area (Å²) in [6.07, 6.45) is -0.0654. The Bertz CT molecular complexity index is 1090. The SMILES string of the molecule is CCOC(=O)CCC(=O)N(Cc1nc2ccc(F)c(F)c2s1)c1cccc(SCC)c1. The number of thiazole rings is 1. The predicted octanol–water partition coefficient (Wildman–Crippen LogP) is 5.56. The number of amides is 1. The first-order valence-corrected chi connectivity index (χ1v) is 11.6. The predicted molar refractivity (Wildman–Crippen MR) is 119 cm³/mol. The van der Waals surface area contributed by atoms with Crippen LogP contribution in [0.1, 0.15) is 31.7 Å². The maximum absolute atomic E-state index is 14.1. The summed E-state index contributed by atoms with van der Waals surface area (Å²) in [7, 11) is 0. The molecule has 164 valence electrons. The summed E-state index contributed by atoms with van der Waals surface area (Å²) < 4.78 is 32.7. The van der Waals surface area contributed by atoms with Crippen molar-refractivity contribution in [1.29, 1.82) is 0 Å². The molecule has 0 aliphatic rings. The van der Waals surface area contributed by atoms with Crippen LogP contribution in [0.2, 0.25) is 0 Å². The Morgan fingerprint density at radius 3 is 2.71 bits per heavy atom. The maximum Gasteiger partial charge on any atom is 0.306 e. The Morgan fingerprint density at radius 1 is 1.16 bits per heavy atom. The molecule has 0 N–H and O–H groups in total.